The molecule has 108 heavy (non-hydrogen) atoms. The van der Waals surface area contributed by atoms with Crippen molar-refractivity contribution in [2.24, 2.45) is 11.5 Å². The first kappa shape index (κ1) is 74.1. The van der Waals surface area contributed by atoms with Gasteiger partial charge in [-0.1, -0.05) is 179 Å². The average Bonchev–Trinajstić information content (AvgIpc) is 1.55. The summed E-state index contributed by atoms with van der Waals surface area (Å²) in [6, 6.07) is 60.5. The standard InChI is InChI=1S/2C22H16ClN5S.2C16H14ClN3.C6H3ClN2S/c1-13-5-4-8-16-19(13)28-18(20(27-16)14-6-2-3-7-15(14)23)11-24-22-21-17(9-10-29-21)25-12-26-22;1-13-5-4-8-16-19(13)28-20(14-6-2-3-7-15(14)23)18(27-16)11-24-22-21-17(9-10-29-21)25-12-26-22;1-10-5-4-8-13-15(10)20-14(9-18)16(19-13)11-6-2-3-7-12(11)17;1-10-5-4-8-13-15(10)20-16(14(9-18)19-13)11-6-2-3-7-12(11)17;7-6-5-4(1-2-10-5)8-3-9-6/h2*2-10,12H,11H2,1H3,(H,24,25,26);2*2-8H,9,18H2,1H3;1-3H. The highest BCUT2D eigenvalue weighted by Crippen LogP contribution is 2.37. The van der Waals surface area contributed by atoms with Gasteiger partial charge in [0.05, 0.1) is 154 Å². The van der Waals surface area contributed by atoms with E-state index >= 15 is 0 Å². The van der Waals surface area contributed by atoms with Gasteiger partial charge in [-0.05, 0) is 133 Å². The molecule has 26 heteroatoms. The van der Waals surface area contributed by atoms with Crippen LogP contribution in [0.3, 0.4) is 0 Å². The zero-order valence-electron chi connectivity index (χ0n) is 58.2. The normalized spacial score (nSPS) is 11.1. The Morgan fingerprint density at radius 3 is 1.00 bits per heavy atom. The van der Waals surface area contributed by atoms with Crippen molar-refractivity contribution in [1.29, 1.82) is 0 Å². The van der Waals surface area contributed by atoms with Crippen LogP contribution < -0.4 is 22.1 Å². The van der Waals surface area contributed by atoms with Gasteiger partial charge in [0.2, 0.25) is 0 Å². The van der Waals surface area contributed by atoms with Crippen molar-refractivity contribution < 1.29 is 0 Å². The molecular formula is C82H63Cl5N18S3. The van der Waals surface area contributed by atoms with Crippen LogP contribution in [-0.2, 0) is 26.2 Å². The molecule has 534 valence electrons. The maximum absolute atomic E-state index is 6.50. The molecule has 0 aliphatic carbocycles. The van der Waals surface area contributed by atoms with Crippen LogP contribution in [0.5, 0.6) is 0 Å². The van der Waals surface area contributed by atoms with E-state index < -0.39 is 0 Å². The lowest BCUT2D eigenvalue weighted by Gasteiger charge is -2.13. The lowest BCUT2D eigenvalue weighted by Crippen LogP contribution is -2.08. The Morgan fingerprint density at radius 2 is 0.602 bits per heavy atom. The van der Waals surface area contributed by atoms with Crippen molar-refractivity contribution in [3.8, 4) is 45.0 Å². The molecule has 0 unspecified atom stereocenters. The van der Waals surface area contributed by atoms with Gasteiger partial charge in [-0.2, -0.15) is 0 Å². The molecule has 0 fully saturated rings. The Labute approximate surface area is 657 Å². The van der Waals surface area contributed by atoms with Crippen LogP contribution in [0.4, 0.5) is 11.6 Å². The number of aromatic nitrogens is 14. The number of benzene rings is 8. The summed E-state index contributed by atoms with van der Waals surface area (Å²) >= 11 is 36.1. The fourth-order valence-corrected chi connectivity index (χ4v) is 15.5. The van der Waals surface area contributed by atoms with Crippen LogP contribution >= 0.6 is 92.0 Å². The number of aryl methyl sites for hydroxylation is 4. The van der Waals surface area contributed by atoms with E-state index in [1.165, 1.54) is 6.33 Å². The second-order valence-electron chi connectivity index (χ2n) is 24.4. The van der Waals surface area contributed by atoms with Crippen molar-refractivity contribution in [2.45, 2.75) is 53.9 Å². The smallest absolute Gasteiger partial charge is 0.150 e. The fourth-order valence-electron chi connectivity index (χ4n) is 11.9. The van der Waals surface area contributed by atoms with Crippen LogP contribution in [-0.4, -0.2) is 69.8 Å². The first-order chi connectivity index (χ1) is 52.7. The van der Waals surface area contributed by atoms with Gasteiger partial charge in [0.15, 0.2) is 0 Å². The third kappa shape index (κ3) is 16.4. The van der Waals surface area contributed by atoms with Crippen LogP contribution in [0, 0.1) is 27.7 Å². The summed E-state index contributed by atoms with van der Waals surface area (Å²) in [7, 11) is 0. The van der Waals surface area contributed by atoms with Crippen LogP contribution in [0.2, 0.25) is 25.2 Å². The quantitative estimate of drug-likeness (QED) is 0.0829. The van der Waals surface area contributed by atoms with Gasteiger partial charge >= 0.3 is 0 Å². The molecule has 18 nitrogen and oxygen atoms in total. The van der Waals surface area contributed by atoms with Gasteiger partial charge in [-0.25, -0.2) is 69.8 Å². The van der Waals surface area contributed by atoms with Crippen molar-refractivity contribution >= 4 is 178 Å². The van der Waals surface area contributed by atoms with Crippen LogP contribution in [0.25, 0.3) is 120 Å². The summed E-state index contributed by atoms with van der Waals surface area (Å²) in [4.78, 5) is 63.8. The number of nitrogens with two attached hydrogens (primary N) is 2. The molecule has 8 aromatic carbocycles. The number of nitrogens with zero attached hydrogens (tertiary/aromatic N) is 14. The Kier molecular flexibility index (Phi) is 23.3. The van der Waals surface area contributed by atoms with Gasteiger partial charge in [-0.15, -0.1) is 34.0 Å². The van der Waals surface area contributed by atoms with Crippen molar-refractivity contribution in [2.75, 3.05) is 10.6 Å². The van der Waals surface area contributed by atoms with E-state index in [0.717, 1.165) is 176 Å². The second kappa shape index (κ2) is 34.0. The molecule has 18 rings (SSSR count). The molecule has 0 saturated heterocycles. The minimum absolute atomic E-state index is 0.331. The van der Waals surface area contributed by atoms with Crippen LogP contribution in [0.15, 0.2) is 223 Å². The predicted octanol–water partition coefficient (Wildman–Crippen LogP) is 21.5. The molecule has 0 atom stereocenters. The highest BCUT2D eigenvalue weighted by atomic mass is 35.5. The second-order valence-corrected chi connectivity index (χ2v) is 29.1. The Balaban J connectivity index is 0.000000117. The third-order valence-corrected chi connectivity index (χ3v) is 21.8. The molecule has 0 spiro atoms. The Bertz CT molecular complexity index is 6320. The van der Waals surface area contributed by atoms with E-state index in [2.05, 4.69) is 50.5 Å². The maximum atomic E-state index is 6.50. The fraction of sp³-hybridized carbons (Fsp3) is 0.0976. The molecule has 18 aromatic rings. The van der Waals surface area contributed by atoms with E-state index in [1.54, 1.807) is 46.7 Å². The molecular weight excluding hydrogens is 1510 g/mol. The maximum Gasteiger partial charge on any atom is 0.150 e. The zero-order valence-corrected chi connectivity index (χ0v) is 64.4. The minimum atomic E-state index is 0.331. The summed E-state index contributed by atoms with van der Waals surface area (Å²) in [5.41, 5.74) is 35.5. The van der Waals surface area contributed by atoms with E-state index in [9.17, 15) is 0 Å². The Morgan fingerprint density at radius 1 is 0.296 bits per heavy atom. The average molecular weight is 1570 g/mol. The van der Waals surface area contributed by atoms with Gasteiger partial charge in [0, 0.05) is 35.3 Å². The monoisotopic (exact) mass is 1570 g/mol. The summed E-state index contributed by atoms with van der Waals surface area (Å²) in [6.45, 7) is 9.74. The van der Waals surface area contributed by atoms with Crippen LogP contribution in [0.1, 0.15) is 45.0 Å². The SMILES string of the molecule is Cc1cccc2nc(-c3ccccc3Cl)c(CN)nc12.Cc1cccc2nc(-c3ccccc3Cl)c(CNc3ncnc4ccsc34)nc12.Cc1cccc2nc(CN)c(-c3ccccc3Cl)nc12.Cc1cccc2nc(CNc3ncnc4ccsc34)c(-c3ccccc3Cl)nc12.Clc1ncnc2ccsc12. The number of anilines is 2. The molecule has 10 heterocycles. The van der Waals surface area contributed by atoms with Gasteiger partial charge in [0.25, 0.3) is 0 Å². The first-order valence-corrected chi connectivity index (χ1v) is 38.4. The molecule has 0 aliphatic heterocycles. The third-order valence-electron chi connectivity index (χ3n) is 17.3. The number of nitrogens with one attached hydrogen (secondary N) is 2. The van der Waals surface area contributed by atoms with E-state index in [-0.39, 0.29) is 0 Å². The number of thiophene rings is 3. The van der Waals surface area contributed by atoms with E-state index in [0.29, 0.717) is 51.4 Å². The summed E-state index contributed by atoms with van der Waals surface area (Å²) < 4.78 is 3.01. The van der Waals surface area contributed by atoms with Crippen molar-refractivity contribution in [3.05, 3.63) is 293 Å². The molecule has 0 radical (unpaired) electrons. The van der Waals surface area contributed by atoms with Crippen molar-refractivity contribution in [3.63, 3.8) is 0 Å². The van der Waals surface area contributed by atoms with Gasteiger partial charge in [-0.3, -0.25) is 0 Å². The number of rotatable bonds is 12. The molecule has 0 aliphatic rings. The molecule has 0 amide bonds. The van der Waals surface area contributed by atoms with E-state index in [1.807, 2.05) is 232 Å². The zero-order chi connectivity index (χ0) is 74.8. The molecule has 6 N–H and O–H groups in total. The number of halogens is 5. The number of hydrogen-bond acceptors (Lipinski definition) is 21. The highest BCUT2D eigenvalue weighted by Gasteiger charge is 2.20. The lowest BCUT2D eigenvalue weighted by atomic mass is 10.1. The first-order valence-electron chi connectivity index (χ1n) is 33.8. The minimum Gasteiger partial charge on any atom is -0.363 e. The number of para-hydroxylation sites is 4. The predicted molar refractivity (Wildman–Crippen MR) is 447 cm³/mol. The van der Waals surface area contributed by atoms with E-state index in [4.69, 9.17) is 99.4 Å². The Hall–Kier alpha value is -10.8. The number of fused-ring (bicyclic) bond motifs is 7. The molecule has 0 bridgehead atoms. The summed E-state index contributed by atoms with van der Waals surface area (Å²) in [6.07, 6.45) is 4.61. The summed E-state index contributed by atoms with van der Waals surface area (Å²) in [5.74, 6) is 1.59. The van der Waals surface area contributed by atoms with Gasteiger partial charge < -0.3 is 22.1 Å². The molecule has 0 saturated carbocycles. The lowest BCUT2D eigenvalue weighted by molar-refractivity contribution is 0.990. The van der Waals surface area contributed by atoms with Gasteiger partial charge in [0.1, 0.15) is 35.8 Å². The summed E-state index contributed by atoms with van der Waals surface area (Å²) in [5, 5.41) is 16.0. The highest BCUT2D eigenvalue weighted by molar-refractivity contribution is 7.18. The number of hydrogen-bond donors (Lipinski definition) is 4. The van der Waals surface area contributed by atoms with Crippen molar-refractivity contribution in [1.82, 2.24) is 69.8 Å². The largest absolute Gasteiger partial charge is 0.363 e. The topological polar surface area (TPSA) is 257 Å². The molecule has 10 aromatic heterocycles.